The van der Waals surface area contributed by atoms with Crippen LogP contribution in [0.2, 0.25) is 0 Å². The number of hydrogen-bond acceptors (Lipinski definition) is 1. The molecule has 0 aromatic heterocycles. The lowest BCUT2D eigenvalue weighted by Crippen LogP contribution is -2.19. The van der Waals surface area contributed by atoms with Gasteiger partial charge in [0.2, 0.25) is 0 Å². The van der Waals surface area contributed by atoms with Crippen molar-refractivity contribution in [1.82, 2.24) is 0 Å². The fraction of sp³-hybridized carbons (Fsp3) is 0.692. The van der Waals surface area contributed by atoms with Gasteiger partial charge >= 0.3 is 0 Å². The first kappa shape index (κ1) is 11.5. The summed E-state index contributed by atoms with van der Waals surface area (Å²) in [6.45, 7) is 5.49. The van der Waals surface area contributed by atoms with Gasteiger partial charge in [-0.2, -0.15) is 0 Å². The van der Waals surface area contributed by atoms with E-state index in [9.17, 15) is 5.11 Å². The Morgan fingerprint density at radius 3 is 2.57 bits per heavy atom. The van der Waals surface area contributed by atoms with E-state index in [1.807, 2.05) is 13.0 Å². The van der Waals surface area contributed by atoms with Crippen molar-refractivity contribution in [3.05, 3.63) is 24.8 Å². The van der Waals surface area contributed by atoms with Crippen molar-refractivity contribution in [1.29, 1.82) is 0 Å². The first-order chi connectivity index (χ1) is 6.64. The maximum absolute atomic E-state index is 9.89. The average Bonchev–Trinajstić information content (AvgIpc) is 2.17. The van der Waals surface area contributed by atoms with Gasteiger partial charge in [0.05, 0.1) is 5.60 Å². The van der Waals surface area contributed by atoms with Gasteiger partial charge in [0.25, 0.3) is 0 Å². The van der Waals surface area contributed by atoms with E-state index in [0.29, 0.717) is 12.3 Å². The molecule has 14 heavy (non-hydrogen) atoms. The molecule has 0 saturated heterocycles. The molecule has 0 aromatic carbocycles. The highest BCUT2D eigenvalue weighted by atomic mass is 16.3. The van der Waals surface area contributed by atoms with Crippen LogP contribution in [0.15, 0.2) is 24.8 Å². The molecule has 1 aliphatic rings. The quantitative estimate of drug-likeness (QED) is 0.680. The van der Waals surface area contributed by atoms with Crippen LogP contribution in [0.1, 0.15) is 45.4 Å². The van der Waals surface area contributed by atoms with E-state index in [-0.39, 0.29) is 0 Å². The van der Waals surface area contributed by atoms with Gasteiger partial charge in [-0.1, -0.05) is 37.5 Å². The Hall–Kier alpha value is -0.560. The molecule has 0 bridgehead atoms. The van der Waals surface area contributed by atoms with Crippen molar-refractivity contribution in [2.75, 3.05) is 0 Å². The first-order valence-electron chi connectivity index (χ1n) is 5.67. The summed E-state index contributed by atoms with van der Waals surface area (Å²) in [6, 6.07) is 0. The molecule has 1 fully saturated rings. The maximum Gasteiger partial charge on any atom is 0.0833 e. The van der Waals surface area contributed by atoms with Crippen molar-refractivity contribution in [3.63, 3.8) is 0 Å². The second-order valence-corrected chi connectivity index (χ2v) is 4.61. The summed E-state index contributed by atoms with van der Waals surface area (Å²) in [7, 11) is 0. The fourth-order valence-electron chi connectivity index (χ4n) is 2.03. The minimum atomic E-state index is -0.695. The van der Waals surface area contributed by atoms with Gasteiger partial charge in [-0.15, -0.1) is 6.58 Å². The van der Waals surface area contributed by atoms with E-state index in [4.69, 9.17) is 0 Å². The molecule has 80 valence electrons. The molecule has 1 atom stereocenters. The molecule has 0 radical (unpaired) electrons. The molecular weight excluding hydrogens is 172 g/mol. The predicted molar refractivity (Wildman–Crippen MR) is 61.2 cm³/mol. The summed E-state index contributed by atoms with van der Waals surface area (Å²) in [5.74, 6) is 0.694. The zero-order valence-electron chi connectivity index (χ0n) is 9.21. The van der Waals surface area contributed by atoms with Crippen LogP contribution in [-0.4, -0.2) is 10.7 Å². The largest absolute Gasteiger partial charge is 0.386 e. The molecule has 1 rings (SSSR count). The highest BCUT2D eigenvalue weighted by molar-refractivity contribution is 5.03. The van der Waals surface area contributed by atoms with Crippen molar-refractivity contribution in [3.8, 4) is 0 Å². The number of rotatable bonds is 4. The Morgan fingerprint density at radius 1 is 1.36 bits per heavy atom. The molecule has 0 aliphatic heterocycles. The third kappa shape index (κ3) is 4.10. The molecule has 0 amide bonds. The van der Waals surface area contributed by atoms with Gasteiger partial charge in [-0.05, 0) is 32.1 Å². The minimum absolute atomic E-state index is 0.635. The fourth-order valence-corrected chi connectivity index (χ4v) is 2.03. The van der Waals surface area contributed by atoms with E-state index in [0.717, 1.165) is 0 Å². The zero-order chi connectivity index (χ0) is 10.4. The first-order valence-corrected chi connectivity index (χ1v) is 5.67. The van der Waals surface area contributed by atoms with Gasteiger partial charge in [0, 0.05) is 0 Å². The van der Waals surface area contributed by atoms with Crippen LogP contribution in [-0.2, 0) is 0 Å². The maximum atomic E-state index is 9.89. The molecule has 1 aliphatic carbocycles. The van der Waals surface area contributed by atoms with Crippen LogP contribution in [0.25, 0.3) is 0 Å². The van der Waals surface area contributed by atoms with Gasteiger partial charge in [0.1, 0.15) is 0 Å². The number of allylic oxidation sites excluding steroid dienone is 1. The minimum Gasteiger partial charge on any atom is -0.386 e. The van der Waals surface area contributed by atoms with E-state index in [1.165, 1.54) is 32.1 Å². The van der Waals surface area contributed by atoms with Crippen LogP contribution in [0, 0.1) is 5.92 Å². The van der Waals surface area contributed by atoms with Crippen molar-refractivity contribution in [2.24, 2.45) is 5.92 Å². The van der Waals surface area contributed by atoms with Crippen LogP contribution < -0.4 is 0 Å². The molecular formula is C13H22O. The second-order valence-electron chi connectivity index (χ2n) is 4.61. The third-order valence-electron chi connectivity index (χ3n) is 2.93. The number of hydrogen-bond donors (Lipinski definition) is 1. The molecule has 1 saturated carbocycles. The lowest BCUT2D eigenvalue weighted by Gasteiger charge is -2.21. The summed E-state index contributed by atoms with van der Waals surface area (Å²) >= 11 is 0. The van der Waals surface area contributed by atoms with Crippen LogP contribution >= 0.6 is 0 Å². The Bertz CT molecular complexity index is 197. The standard InChI is InChI=1S/C13H22O/c1-3-10-13(2,14)11-9-12-7-5-4-6-8-12/h3,9,11-12,14H,1,4-8,10H2,2H3/b11-9+. The SMILES string of the molecule is C=CCC(C)(O)/C=C/C1CCCCC1. The summed E-state index contributed by atoms with van der Waals surface area (Å²) in [5.41, 5.74) is -0.695. The Morgan fingerprint density at radius 2 is 2.00 bits per heavy atom. The van der Waals surface area contributed by atoms with E-state index in [2.05, 4.69) is 12.7 Å². The number of aliphatic hydroxyl groups is 1. The third-order valence-corrected chi connectivity index (χ3v) is 2.93. The lowest BCUT2D eigenvalue weighted by molar-refractivity contribution is 0.114. The zero-order valence-corrected chi connectivity index (χ0v) is 9.21. The monoisotopic (exact) mass is 194 g/mol. The summed E-state index contributed by atoms with van der Waals surface area (Å²) in [6.07, 6.45) is 13.2. The summed E-state index contributed by atoms with van der Waals surface area (Å²) < 4.78 is 0. The normalized spacial score (nSPS) is 23.6. The Kier molecular flexibility index (Phi) is 4.40. The van der Waals surface area contributed by atoms with Gasteiger partial charge < -0.3 is 5.11 Å². The van der Waals surface area contributed by atoms with Crippen molar-refractivity contribution >= 4 is 0 Å². The van der Waals surface area contributed by atoms with Crippen LogP contribution in [0.3, 0.4) is 0 Å². The van der Waals surface area contributed by atoms with Crippen LogP contribution in [0.4, 0.5) is 0 Å². The molecule has 1 N–H and O–H groups in total. The van der Waals surface area contributed by atoms with E-state index < -0.39 is 5.60 Å². The smallest absolute Gasteiger partial charge is 0.0833 e. The topological polar surface area (TPSA) is 20.2 Å². The van der Waals surface area contributed by atoms with Gasteiger partial charge in [-0.3, -0.25) is 0 Å². The van der Waals surface area contributed by atoms with Crippen molar-refractivity contribution < 1.29 is 5.11 Å². The predicted octanol–water partition coefficient (Wildman–Crippen LogP) is 3.45. The second kappa shape index (κ2) is 5.35. The van der Waals surface area contributed by atoms with Crippen LogP contribution in [0.5, 0.6) is 0 Å². The van der Waals surface area contributed by atoms with E-state index in [1.54, 1.807) is 6.08 Å². The molecule has 0 spiro atoms. The molecule has 0 aromatic rings. The lowest BCUT2D eigenvalue weighted by atomic mass is 9.87. The van der Waals surface area contributed by atoms with E-state index >= 15 is 0 Å². The Balaban J connectivity index is 2.40. The molecule has 1 unspecified atom stereocenters. The van der Waals surface area contributed by atoms with Gasteiger partial charge in [-0.25, -0.2) is 0 Å². The van der Waals surface area contributed by atoms with Crippen molar-refractivity contribution in [2.45, 2.75) is 51.0 Å². The molecule has 0 heterocycles. The summed E-state index contributed by atoms with van der Waals surface area (Å²) in [4.78, 5) is 0. The Labute approximate surface area is 87.5 Å². The average molecular weight is 194 g/mol. The highest BCUT2D eigenvalue weighted by Gasteiger charge is 2.16. The van der Waals surface area contributed by atoms with Gasteiger partial charge in [0.15, 0.2) is 0 Å². The molecule has 1 heteroatoms. The molecule has 1 nitrogen and oxygen atoms in total. The highest BCUT2D eigenvalue weighted by Crippen LogP contribution is 2.25. The summed E-state index contributed by atoms with van der Waals surface area (Å²) in [5, 5.41) is 9.89.